The molecule has 0 fully saturated rings. The van der Waals surface area contributed by atoms with Crippen molar-refractivity contribution >= 4 is 43.5 Å². The Morgan fingerprint density at radius 3 is 2.67 bits per heavy atom. The largest absolute Gasteiger partial charge is 0.464 e. The van der Waals surface area contributed by atoms with E-state index in [0.717, 1.165) is 0 Å². The van der Waals surface area contributed by atoms with E-state index < -0.39 is 5.82 Å². The Morgan fingerprint density at radius 2 is 2.07 bits per heavy atom. The molecule has 0 spiro atoms. The van der Waals surface area contributed by atoms with Crippen LogP contribution in [-0.4, -0.2) is 0 Å². The Labute approximate surface area is 107 Å². The third kappa shape index (κ3) is 1.98. The van der Waals surface area contributed by atoms with Crippen LogP contribution >= 0.6 is 43.5 Å². The van der Waals surface area contributed by atoms with Crippen LogP contribution in [0.3, 0.4) is 0 Å². The van der Waals surface area contributed by atoms with Gasteiger partial charge in [-0.3, -0.25) is 0 Å². The lowest BCUT2D eigenvalue weighted by Crippen LogP contribution is -1.86. The lowest BCUT2D eigenvalue weighted by Gasteiger charge is -2.07. The lowest BCUT2D eigenvalue weighted by molar-refractivity contribution is 0.581. The molecule has 0 unspecified atom stereocenters. The SMILES string of the molecule is Fc1cc(Br)c(-c2ccco2)c(Br)c1Cl. The van der Waals surface area contributed by atoms with Gasteiger partial charge in [0.25, 0.3) is 0 Å². The molecule has 0 aliphatic rings. The maximum Gasteiger partial charge on any atom is 0.144 e. The minimum Gasteiger partial charge on any atom is -0.464 e. The first-order chi connectivity index (χ1) is 7.11. The van der Waals surface area contributed by atoms with Crippen LogP contribution in [0.2, 0.25) is 5.02 Å². The zero-order chi connectivity index (χ0) is 11.0. The Hall–Kier alpha value is -0.320. The number of rotatable bonds is 1. The smallest absolute Gasteiger partial charge is 0.144 e. The summed E-state index contributed by atoms with van der Waals surface area (Å²) in [7, 11) is 0. The normalized spacial score (nSPS) is 10.7. The van der Waals surface area contributed by atoms with Gasteiger partial charge < -0.3 is 4.42 Å². The van der Waals surface area contributed by atoms with Gasteiger partial charge in [0.15, 0.2) is 0 Å². The molecule has 2 aromatic rings. The summed E-state index contributed by atoms with van der Waals surface area (Å²) >= 11 is 12.3. The number of hydrogen-bond donors (Lipinski definition) is 0. The molecular weight excluding hydrogens is 350 g/mol. The molecule has 0 radical (unpaired) electrons. The van der Waals surface area contributed by atoms with Gasteiger partial charge >= 0.3 is 0 Å². The van der Waals surface area contributed by atoms with Gasteiger partial charge in [-0.15, -0.1) is 0 Å². The molecule has 15 heavy (non-hydrogen) atoms. The minimum atomic E-state index is -0.481. The van der Waals surface area contributed by atoms with Crippen LogP contribution in [0.5, 0.6) is 0 Å². The summed E-state index contributed by atoms with van der Waals surface area (Å²) in [4.78, 5) is 0. The van der Waals surface area contributed by atoms with Crippen LogP contribution in [0.4, 0.5) is 4.39 Å². The van der Waals surface area contributed by atoms with Gasteiger partial charge in [-0.1, -0.05) is 11.6 Å². The van der Waals surface area contributed by atoms with Crippen LogP contribution in [-0.2, 0) is 0 Å². The third-order valence-electron chi connectivity index (χ3n) is 1.88. The number of furan rings is 1. The molecule has 0 N–H and O–H groups in total. The quantitative estimate of drug-likeness (QED) is 0.503. The molecule has 0 bridgehead atoms. The molecule has 1 aromatic heterocycles. The van der Waals surface area contributed by atoms with Crippen molar-refractivity contribution in [2.45, 2.75) is 0 Å². The Balaban J connectivity index is 2.72. The summed E-state index contributed by atoms with van der Waals surface area (Å²) in [6, 6.07) is 4.84. The predicted molar refractivity (Wildman–Crippen MR) is 64.5 cm³/mol. The topological polar surface area (TPSA) is 13.1 Å². The van der Waals surface area contributed by atoms with E-state index in [0.29, 0.717) is 20.3 Å². The second kappa shape index (κ2) is 4.28. The molecule has 0 saturated heterocycles. The van der Waals surface area contributed by atoms with Crippen LogP contribution in [0, 0.1) is 5.82 Å². The van der Waals surface area contributed by atoms with Crippen molar-refractivity contribution in [1.82, 2.24) is 0 Å². The summed E-state index contributed by atoms with van der Waals surface area (Å²) in [6.45, 7) is 0. The molecular formula is C10H4Br2ClFO. The first-order valence-corrected chi connectivity index (χ1v) is 5.94. The summed E-state index contributed by atoms with van der Waals surface area (Å²) in [5, 5.41) is 0.0459. The molecule has 0 saturated carbocycles. The van der Waals surface area contributed by atoms with Gasteiger partial charge in [0.1, 0.15) is 11.6 Å². The van der Waals surface area contributed by atoms with Crippen molar-refractivity contribution in [3.63, 3.8) is 0 Å². The van der Waals surface area contributed by atoms with Gasteiger partial charge in [0, 0.05) is 10.0 Å². The Bertz CT molecular complexity index is 497. The predicted octanol–water partition coefficient (Wildman–Crippen LogP) is 5.26. The third-order valence-corrected chi connectivity index (χ3v) is 3.90. The molecule has 0 aliphatic carbocycles. The Morgan fingerprint density at radius 1 is 1.33 bits per heavy atom. The molecule has 1 aromatic carbocycles. The van der Waals surface area contributed by atoms with Crippen LogP contribution in [0.15, 0.2) is 37.8 Å². The highest BCUT2D eigenvalue weighted by atomic mass is 79.9. The fraction of sp³-hybridized carbons (Fsp3) is 0. The summed E-state index contributed by atoms with van der Waals surface area (Å²) in [5.41, 5.74) is 0.700. The van der Waals surface area contributed by atoms with Crippen molar-refractivity contribution in [2.75, 3.05) is 0 Å². The monoisotopic (exact) mass is 352 g/mol. The highest BCUT2D eigenvalue weighted by Crippen LogP contribution is 2.40. The van der Waals surface area contributed by atoms with E-state index >= 15 is 0 Å². The molecule has 0 amide bonds. The van der Waals surface area contributed by atoms with E-state index in [9.17, 15) is 4.39 Å². The van der Waals surface area contributed by atoms with E-state index in [1.54, 1.807) is 18.4 Å². The van der Waals surface area contributed by atoms with Gasteiger partial charge in [-0.25, -0.2) is 4.39 Å². The molecule has 1 nitrogen and oxygen atoms in total. The highest BCUT2D eigenvalue weighted by molar-refractivity contribution is 9.11. The van der Waals surface area contributed by atoms with E-state index in [-0.39, 0.29) is 5.02 Å². The van der Waals surface area contributed by atoms with Crippen LogP contribution in [0.1, 0.15) is 0 Å². The first-order valence-electron chi connectivity index (χ1n) is 3.98. The lowest BCUT2D eigenvalue weighted by atomic mass is 10.2. The molecule has 78 valence electrons. The molecule has 2 rings (SSSR count). The Kier molecular flexibility index (Phi) is 3.19. The highest BCUT2D eigenvalue weighted by Gasteiger charge is 2.16. The average molecular weight is 354 g/mol. The van der Waals surface area contributed by atoms with E-state index in [1.807, 2.05) is 0 Å². The van der Waals surface area contributed by atoms with Crippen molar-refractivity contribution < 1.29 is 8.81 Å². The maximum absolute atomic E-state index is 13.2. The van der Waals surface area contributed by atoms with Gasteiger partial charge in [0.05, 0.1) is 15.8 Å². The van der Waals surface area contributed by atoms with Crippen LogP contribution in [0.25, 0.3) is 11.3 Å². The molecule has 1 heterocycles. The zero-order valence-corrected chi connectivity index (χ0v) is 11.2. The summed E-state index contributed by atoms with van der Waals surface area (Å²) in [5.74, 6) is 0.140. The van der Waals surface area contributed by atoms with Gasteiger partial charge in [0.2, 0.25) is 0 Å². The first kappa shape index (κ1) is 11.2. The summed E-state index contributed by atoms with van der Waals surface area (Å²) < 4.78 is 19.5. The fourth-order valence-electron chi connectivity index (χ4n) is 1.21. The summed E-state index contributed by atoms with van der Waals surface area (Å²) in [6.07, 6.45) is 1.55. The zero-order valence-electron chi connectivity index (χ0n) is 7.23. The van der Waals surface area contributed by atoms with Crippen molar-refractivity contribution in [3.05, 3.63) is 44.2 Å². The van der Waals surface area contributed by atoms with Gasteiger partial charge in [-0.2, -0.15) is 0 Å². The number of halogens is 4. The van der Waals surface area contributed by atoms with E-state index in [1.165, 1.54) is 6.07 Å². The van der Waals surface area contributed by atoms with E-state index in [2.05, 4.69) is 31.9 Å². The van der Waals surface area contributed by atoms with Crippen molar-refractivity contribution in [1.29, 1.82) is 0 Å². The second-order valence-electron chi connectivity index (χ2n) is 2.82. The standard InChI is InChI=1S/C10H4Br2ClFO/c11-5-4-6(14)10(13)9(12)8(5)7-2-1-3-15-7/h1-4H. The van der Waals surface area contributed by atoms with Crippen LogP contribution < -0.4 is 0 Å². The van der Waals surface area contributed by atoms with Crippen molar-refractivity contribution in [2.24, 2.45) is 0 Å². The average Bonchev–Trinajstić information content (AvgIpc) is 2.68. The number of benzene rings is 1. The van der Waals surface area contributed by atoms with E-state index in [4.69, 9.17) is 16.0 Å². The van der Waals surface area contributed by atoms with Gasteiger partial charge in [-0.05, 0) is 50.1 Å². The number of hydrogen-bond acceptors (Lipinski definition) is 1. The molecule has 0 aliphatic heterocycles. The van der Waals surface area contributed by atoms with Crippen molar-refractivity contribution in [3.8, 4) is 11.3 Å². The minimum absolute atomic E-state index is 0.0459. The molecule has 0 atom stereocenters. The maximum atomic E-state index is 13.2. The fourth-order valence-corrected chi connectivity index (χ4v) is 2.82. The molecule has 5 heteroatoms. The second-order valence-corrected chi connectivity index (χ2v) is 4.85.